The quantitative estimate of drug-likeness (QED) is 0.789. The van der Waals surface area contributed by atoms with Gasteiger partial charge in [-0.2, -0.15) is 5.10 Å². The fraction of sp³-hybridized carbons (Fsp3) is 0.429. The number of halogens is 1. The highest BCUT2D eigenvalue weighted by Crippen LogP contribution is 2.20. The molecule has 0 N–H and O–H groups in total. The third-order valence-electron chi connectivity index (χ3n) is 3.16. The first-order valence-corrected chi connectivity index (χ1v) is 6.77. The molecule has 19 heavy (non-hydrogen) atoms. The lowest BCUT2D eigenvalue weighted by Gasteiger charge is -2.02. The van der Waals surface area contributed by atoms with Crippen molar-refractivity contribution in [3.05, 3.63) is 40.4 Å². The summed E-state index contributed by atoms with van der Waals surface area (Å²) in [6.07, 6.45) is 5.25. The molecule has 2 aromatic heterocycles. The molecule has 0 aromatic carbocycles. The van der Waals surface area contributed by atoms with Crippen LogP contribution in [0.2, 0.25) is 5.15 Å². The van der Waals surface area contributed by atoms with E-state index < -0.39 is 0 Å². The minimum absolute atomic E-state index is 0.190. The smallest absolute Gasteiger partial charge is 0.164 e. The number of nitrogens with zero attached hydrogens (tertiary/aromatic N) is 3. The number of Topliss-reactive ketones (excluding diaryl/α,β-unsaturated/α-hetero) is 1. The number of aromatic nitrogens is 3. The maximum absolute atomic E-state index is 11.8. The highest BCUT2D eigenvalue weighted by atomic mass is 35.5. The van der Waals surface area contributed by atoms with Gasteiger partial charge in [-0.05, 0) is 19.4 Å². The molecule has 0 saturated carbocycles. The van der Waals surface area contributed by atoms with E-state index in [1.54, 1.807) is 4.68 Å². The monoisotopic (exact) mass is 279 g/mol. The van der Waals surface area contributed by atoms with Crippen molar-refractivity contribution in [2.45, 2.75) is 33.2 Å². The Morgan fingerprint density at radius 2 is 2.21 bits per heavy atom. The zero-order chi connectivity index (χ0) is 14.0. The third kappa shape index (κ3) is 2.89. The van der Waals surface area contributed by atoms with Crippen LogP contribution in [0.1, 0.15) is 41.4 Å². The number of hydrogen-bond acceptors (Lipinski definition) is 2. The molecule has 0 fully saturated rings. The van der Waals surface area contributed by atoms with E-state index in [1.807, 2.05) is 43.9 Å². The van der Waals surface area contributed by atoms with Crippen molar-refractivity contribution in [2.24, 2.45) is 7.05 Å². The SMILES string of the molecule is CCCC(=O)c1ccn(Cc2c(C)nn(C)c2Cl)c1. The summed E-state index contributed by atoms with van der Waals surface area (Å²) in [7, 11) is 1.82. The van der Waals surface area contributed by atoms with Crippen molar-refractivity contribution in [3.63, 3.8) is 0 Å². The van der Waals surface area contributed by atoms with Gasteiger partial charge in [-0.15, -0.1) is 0 Å². The van der Waals surface area contributed by atoms with E-state index in [4.69, 9.17) is 11.6 Å². The third-order valence-corrected chi connectivity index (χ3v) is 3.63. The van der Waals surface area contributed by atoms with E-state index >= 15 is 0 Å². The molecule has 0 amide bonds. The van der Waals surface area contributed by atoms with Gasteiger partial charge in [-0.25, -0.2) is 0 Å². The molecule has 0 aliphatic rings. The lowest BCUT2D eigenvalue weighted by molar-refractivity contribution is 0.0981. The summed E-state index contributed by atoms with van der Waals surface area (Å²) >= 11 is 6.20. The van der Waals surface area contributed by atoms with E-state index in [0.717, 1.165) is 23.2 Å². The maximum atomic E-state index is 11.8. The molecule has 2 rings (SSSR count). The number of aryl methyl sites for hydroxylation is 2. The predicted molar refractivity (Wildman–Crippen MR) is 75.7 cm³/mol. The van der Waals surface area contributed by atoms with E-state index in [1.165, 1.54) is 0 Å². The van der Waals surface area contributed by atoms with E-state index in [2.05, 4.69) is 5.10 Å². The van der Waals surface area contributed by atoms with Gasteiger partial charge in [0.2, 0.25) is 0 Å². The highest BCUT2D eigenvalue weighted by molar-refractivity contribution is 6.30. The molecule has 5 heteroatoms. The van der Waals surface area contributed by atoms with Crippen LogP contribution in [0.3, 0.4) is 0 Å². The Balaban J connectivity index is 2.18. The van der Waals surface area contributed by atoms with Gasteiger partial charge in [-0.3, -0.25) is 9.48 Å². The van der Waals surface area contributed by atoms with E-state index in [0.29, 0.717) is 18.1 Å². The van der Waals surface area contributed by atoms with Gasteiger partial charge < -0.3 is 4.57 Å². The molecule has 2 aromatic rings. The molecule has 2 heterocycles. The van der Waals surface area contributed by atoms with Crippen molar-refractivity contribution in [1.82, 2.24) is 14.3 Å². The van der Waals surface area contributed by atoms with Crippen LogP contribution in [0.4, 0.5) is 0 Å². The Labute approximate surface area is 118 Å². The average Bonchev–Trinajstić information content (AvgIpc) is 2.91. The Morgan fingerprint density at radius 3 is 2.79 bits per heavy atom. The predicted octanol–water partition coefficient (Wildman–Crippen LogP) is 3.21. The van der Waals surface area contributed by atoms with Crippen LogP contribution < -0.4 is 0 Å². The summed E-state index contributed by atoms with van der Waals surface area (Å²) in [6.45, 7) is 4.58. The van der Waals surface area contributed by atoms with Crippen LogP contribution in [0.15, 0.2) is 18.5 Å². The fourth-order valence-corrected chi connectivity index (χ4v) is 2.35. The van der Waals surface area contributed by atoms with Gasteiger partial charge in [0.05, 0.1) is 12.2 Å². The zero-order valence-electron chi connectivity index (χ0n) is 11.5. The Kier molecular flexibility index (Phi) is 4.10. The second-order valence-electron chi connectivity index (χ2n) is 4.72. The molecule has 0 bridgehead atoms. The van der Waals surface area contributed by atoms with Crippen LogP contribution in [0.25, 0.3) is 0 Å². The number of rotatable bonds is 5. The van der Waals surface area contributed by atoms with Crippen molar-refractivity contribution in [2.75, 3.05) is 0 Å². The second-order valence-corrected chi connectivity index (χ2v) is 5.08. The molecule has 0 aliphatic carbocycles. The summed E-state index contributed by atoms with van der Waals surface area (Å²) in [5.41, 5.74) is 2.68. The summed E-state index contributed by atoms with van der Waals surface area (Å²) in [6, 6.07) is 1.86. The van der Waals surface area contributed by atoms with Gasteiger partial charge in [0.25, 0.3) is 0 Å². The standard InChI is InChI=1S/C14H18ClN3O/c1-4-5-13(19)11-6-7-18(8-11)9-12-10(2)16-17(3)14(12)15/h6-8H,4-5,9H2,1-3H3. The maximum Gasteiger partial charge on any atom is 0.164 e. The van der Waals surface area contributed by atoms with Crippen LogP contribution in [0, 0.1) is 6.92 Å². The minimum Gasteiger partial charge on any atom is -0.349 e. The molecule has 102 valence electrons. The first-order chi connectivity index (χ1) is 9.02. The van der Waals surface area contributed by atoms with Crippen LogP contribution >= 0.6 is 11.6 Å². The molecule has 0 saturated heterocycles. The normalized spacial score (nSPS) is 10.9. The topological polar surface area (TPSA) is 39.8 Å². The highest BCUT2D eigenvalue weighted by Gasteiger charge is 2.12. The summed E-state index contributed by atoms with van der Waals surface area (Å²) < 4.78 is 3.64. The molecule has 4 nitrogen and oxygen atoms in total. The molecular formula is C14H18ClN3O. The Bertz CT molecular complexity index is 598. The lowest BCUT2D eigenvalue weighted by atomic mass is 10.1. The largest absolute Gasteiger partial charge is 0.349 e. The van der Waals surface area contributed by atoms with Gasteiger partial charge in [0, 0.05) is 37.0 Å². The zero-order valence-corrected chi connectivity index (χ0v) is 12.2. The number of hydrogen-bond donors (Lipinski definition) is 0. The average molecular weight is 280 g/mol. The van der Waals surface area contributed by atoms with Crippen molar-refractivity contribution in [3.8, 4) is 0 Å². The first kappa shape index (κ1) is 13.9. The Hall–Kier alpha value is -1.55. The molecule has 0 radical (unpaired) electrons. The number of ketones is 1. The molecular weight excluding hydrogens is 262 g/mol. The second kappa shape index (κ2) is 5.61. The molecule has 0 unspecified atom stereocenters. The lowest BCUT2D eigenvalue weighted by Crippen LogP contribution is -2.00. The van der Waals surface area contributed by atoms with Crippen LogP contribution in [0.5, 0.6) is 0 Å². The van der Waals surface area contributed by atoms with Gasteiger partial charge >= 0.3 is 0 Å². The summed E-state index contributed by atoms with van der Waals surface area (Å²) in [4.78, 5) is 11.8. The van der Waals surface area contributed by atoms with Gasteiger partial charge in [0.15, 0.2) is 5.78 Å². The summed E-state index contributed by atoms with van der Waals surface area (Å²) in [5, 5.41) is 4.93. The van der Waals surface area contributed by atoms with Crippen molar-refractivity contribution >= 4 is 17.4 Å². The van der Waals surface area contributed by atoms with E-state index in [9.17, 15) is 4.79 Å². The van der Waals surface area contributed by atoms with Crippen LogP contribution in [-0.2, 0) is 13.6 Å². The number of carbonyl (C=O) groups is 1. The Morgan fingerprint density at radius 1 is 1.47 bits per heavy atom. The minimum atomic E-state index is 0.190. The van der Waals surface area contributed by atoms with Crippen molar-refractivity contribution < 1.29 is 4.79 Å². The van der Waals surface area contributed by atoms with Gasteiger partial charge in [-0.1, -0.05) is 18.5 Å². The van der Waals surface area contributed by atoms with Gasteiger partial charge in [0.1, 0.15) is 5.15 Å². The molecule has 0 spiro atoms. The van der Waals surface area contributed by atoms with E-state index in [-0.39, 0.29) is 5.78 Å². The first-order valence-electron chi connectivity index (χ1n) is 6.40. The summed E-state index contributed by atoms with van der Waals surface area (Å²) in [5.74, 6) is 0.190. The van der Waals surface area contributed by atoms with Crippen molar-refractivity contribution in [1.29, 1.82) is 0 Å². The molecule has 0 atom stereocenters. The van der Waals surface area contributed by atoms with Crippen LogP contribution in [-0.4, -0.2) is 20.1 Å². The number of carbonyl (C=O) groups excluding carboxylic acids is 1. The molecule has 0 aliphatic heterocycles. The fourth-order valence-electron chi connectivity index (χ4n) is 2.11.